The fraction of sp³-hybridized carbons (Fsp3) is 0.214. The summed E-state index contributed by atoms with van der Waals surface area (Å²) in [5.74, 6) is 0.748. The number of furan rings is 1. The molecule has 0 unspecified atom stereocenters. The monoisotopic (exact) mass is 308 g/mol. The van der Waals surface area contributed by atoms with Gasteiger partial charge in [0.25, 0.3) is 0 Å². The van der Waals surface area contributed by atoms with E-state index in [9.17, 15) is 0 Å². The van der Waals surface area contributed by atoms with Gasteiger partial charge in [-0.25, -0.2) is 4.98 Å². The maximum atomic E-state index is 5.97. The number of anilines is 1. The lowest BCUT2D eigenvalue weighted by molar-refractivity contribution is 0.211. The highest BCUT2D eigenvalue weighted by atomic mass is 35.5. The number of methoxy groups -OCH3 is 1. The summed E-state index contributed by atoms with van der Waals surface area (Å²) in [4.78, 5) is 4.50. The Balaban J connectivity index is 1.83. The molecule has 0 aliphatic carbocycles. The molecule has 1 aromatic carbocycles. The van der Waals surface area contributed by atoms with Crippen molar-refractivity contribution in [2.24, 2.45) is 0 Å². The van der Waals surface area contributed by atoms with Crippen LogP contribution in [0, 0.1) is 0 Å². The lowest BCUT2D eigenvalue weighted by Crippen LogP contribution is -2.06. The van der Waals surface area contributed by atoms with E-state index in [2.05, 4.69) is 10.3 Å². The van der Waals surface area contributed by atoms with Gasteiger partial charge in [-0.3, -0.25) is 0 Å². The van der Waals surface area contributed by atoms with Gasteiger partial charge in [-0.2, -0.15) is 0 Å². The number of nitrogens with zero attached hydrogens (tertiary/aromatic N) is 1. The summed E-state index contributed by atoms with van der Waals surface area (Å²) < 4.78 is 10.8. The van der Waals surface area contributed by atoms with Crippen molar-refractivity contribution in [3.8, 4) is 11.5 Å². The molecule has 2 aromatic heterocycles. The standard InChI is InChI=1S/C14H13ClN2O2S/c1-18-5-4-16-14-17-11(8-20-14)13-7-9-6-10(15)2-3-12(9)19-13/h2-3,6-8H,4-5H2,1H3,(H,16,17). The molecule has 4 nitrogen and oxygen atoms in total. The minimum Gasteiger partial charge on any atom is -0.454 e. The normalized spacial score (nSPS) is 11.1. The van der Waals surface area contributed by atoms with E-state index in [4.69, 9.17) is 20.8 Å². The molecule has 0 spiro atoms. The zero-order valence-corrected chi connectivity index (χ0v) is 12.4. The fourth-order valence-corrected chi connectivity index (χ4v) is 2.78. The third-order valence-electron chi connectivity index (χ3n) is 2.82. The van der Waals surface area contributed by atoms with Crippen molar-refractivity contribution in [1.29, 1.82) is 0 Å². The second-order valence-electron chi connectivity index (χ2n) is 4.25. The van der Waals surface area contributed by atoms with Gasteiger partial charge in [-0.05, 0) is 24.3 Å². The fourth-order valence-electron chi connectivity index (χ4n) is 1.87. The Kier molecular flexibility index (Phi) is 3.91. The maximum Gasteiger partial charge on any atom is 0.183 e. The first kappa shape index (κ1) is 13.4. The molecular formula is C14H13ClN2O2S. The van der Waals surface area contributed by atoms with Gasteiger partial charge in [0.15, 0.2) is 10.9 Å². The zero-order valence-electron chi connectivity index (χ0n) is 10.9. The number of thiazole rings is 1. The summed E-state index contributed by atoms with van der Waals surface area (Å²) in [5.41, 5.74) is 1.63. The summed E-state index contributed by atoms with van der Waals surface area (Å²) in [7, 11) is 1.68. The average Bonchev–Trinajstić information content (AvgIpc) is 3.04. The van der Waals surface area contributed by atoms with Crippen LogP contribution in [0.15, 0.2) is 34.1 Å². The molecule has 0 saturated heterocycles. The van der Waals surface area contributed by atoms with Gasteiger partial charge >= 0.3 is 0 Å². The van der Waals surface area contributed by atoms with Gasteiger partial charge in [0, 0.05) is 29.4 Å². The van der Waals surface area contributed by atoms with Crippen LogP contribution in [-0.2, 0) is 4.74 Å². The maximum absolute atomic E-state index is 5.97. The quantitative estimate of drug-likeness (QED) is 0.715. The summed E-state index contributed by atoms with van der Waals surface area (Å²) >= 11 is 7.52. The van der Waals surface area contributed by atoms with Gasteiger partial charge in [0.2, 0.25) is 0 Å². The van der Waals surface area contributed by atoms with Gasteiger partial charge in [-0.1, -0.05) is 11.6 Å². The summed E-state index contributed by atoms with van der Waals surface area (Å²) in [6, 6.07) is 7.52. The van der Waals surface area contributed by atoms with Crippen molar-refractivity contribution >= 4 is 39.0 Å². The van der Waals surface area contributed by atoms with Crippen LogP contribution in [0.5, 0.6) is 0 Å². The number of halogens is 1. The SMILES string of the molecule is COCCNc1nc(-c2cc3cc(Cl)ccc3o2)cs1. The number of rotatable bonds is 5. The number of hydrogen-bond donors (Lipinski definition) is 1. The Labute approximate surface area is 125 Å². The van der Waals surface area contributed by atoms with Gasteiger partial charge in [0.1, 0.15) is 11.3 Å². The Morgan fingerprint density at radius 3 is 3.15 bits per heavy atom. The highest BCUT2D eigenvalue weighted by Gasteiger charge is 2.10. The molecule has 0 bridgehead atoms. The highest BCUT2D eigenvalue weighted by molar-refractivity contribution is 7.14. The number of fused-ring (bicyclic) bond motifs is 1. The highest BCUT2D eigenvalue weighted by Crippen LogP contribution is 2.31. The minimum atomic E-state index is 0.651. The van der Waals surface area contributed by atoms with Gasteiger partial charge in [0.05, 0.1) is 6.61 Å². The Morgan fingerprint density at radius 1 is 1.40 bits per heavy atom. The van der Waals surface area contributed by atoms with Crippen LogP contribution in [0.3, 0.4) is 0 Å². The predicted molar refractivity (Wildman–Crippen MR) is 82.7 cm³/mol. The van der Waals surface area contributed by atoms with Crippen LogP contribution in [0.4, 0.5) is 5.13 Å². The average molecular weight is 309 g/mol. The van der Waals surface area contributed by atoms with Crippen molar-refractivity contribution in [3.63, 3.8) is 0 Å². The van der Waals surface area contributed by atoms with E-state index >= 15 is 0 Å². The summed E-state index contributed by atoms with van der Waals surface area (Å²) in [5, 5.41) is 7.70. The molecule has 0 radical (unpaired) electrons. The van der Waals surface area contributed by atoms with E-state index in [-0.39, 0.29) is 0 Å². The first-order chi connectivity index (χ1) is 9.76. The molecule has 0 aliphatic rings. The van der Waals surface area contributed by atoms with Crippen LogP contribution in [0.1, 0.15) is 0 Å². The van der Waals surface area contributed by atoms with Crippen molar-refractivity contribution in [2.45, 2.75) is 0 Å². The smallest absolute Gasteiger partial charge is 0.183 e. The third kappa shape index (κ3) is 2.80. The van der Waals surface area contributed by atoms with E-state index in [1.165, 1.54) is 0 Å². The number of benzene rings is 1. The number of ether oxygens (including phenoxy) is 1. The molecule has 0 saturated carbocycles. The van der Waals surface area contributed by atoms with Crippen molar-refractivity contribution in [3.05, 3.63) is 34.7 Å². The second kappa shape index (κ2) is 5.83. The van der Waals surface area contributed by atoms with Gasteiger partial charge < -0.3 is 14.5 Å². The molecule has 3 rings (SSSR count). The van der Waals surface area contributed by atoms with Crippen molar-refractivity contribution in [1.82, 2.24) is 4.98 Å². The molecule has 1 N–H and O–H groups in total. The van der Waals surface area contributed by atoms with E-state index in [0.29, 0.717) is 11.6 Å². The molecular weight excluding hydrogens is 296 g/mol. The number of aromatic nitrogens is 1. The van der Waals surface area contributed by atoms with Crippen LogP contribution < -0.4 is 5.32 Å². The van der Waals surface area contributed by atoms with E-state index in [1.807, 2.05) is 29.6 Å². The molecule has 3 aromatic rings. The Morgan fingerprint density at radius 2 is 2.30 bits per heavy atom. The lowest BCUT2D eigenvalue weighted by atomic mass is 10.2. The molecule has 20 heavy (non-hydrogen) atoms. The van der Waals surface area contributed by atoms with Crippen molar-refractivity contribution in [2.75, 3.05) is 25.6 Å². The lowest BCUT2D eigenvalue weighted by Gasteiger charge is -1.99. The molecule has 0 atom stereocenters. The van der Waals surface area contributed by atoms with Crippen LogP contribution in [-0.4, -0.2) is 25.2 Å². The predicted octanol–water partition coefficient (Wildman–Crippen LogP) is 4.27. The first-order valence-corrected chi connectivity index (χ1v) is 7.40. The number of nitrogens with one attached hydrogen (secondary N) is 1. The van der Waals surface area contributed by atoms with E-state index in [0.717, 1.165) is 34.1 Å². The molecule has 0 aliphatic heterocycles. The topological polar surface area (TPSA) is 47.3 Å². The zero-order chi connectivity index (χ0) is 13.9. The molecule has 0 amide bonds. The molecule has 104 valence electrons. The largest absolute Gasteiger partial charge is 0.454 e. The summed E-state index contributed by atoms with van der Waals surface area (Å²) in [6.45, 7) is 1.39. The third-order valence-corrected chi connectivity index (χ3v) is 3.85. The molecule has 0 fully saturated rings. The van der Waals surface area contributed by atoms with Crippen LogP contribution in [0.25, 0.3) is 22.4 Å². The Bertz CT molecular complexity index is 723. The van der Waals surface area contributed by atoms with Crippen LogP contribution in [0.2, 0.25) is 5.02 Å². The van der Waals surface area contributed by atoms with E-state index in [1.54, 1.807) is 18.4 Å². The number of hydrogen-bond acceptors (Lipinski definition) is 5. The first-order valence-electron chi connectivity index (χ1n) is 6.14. The van der Waals surface area contributed by atoms with Crippen molar-refractivity contribution < 1.29 is 9.15 Å². The Hall–Kier alpha value is -1.56. The van der Waals surface area contributed by atoms with E-state index < -0.39 is 0 Å². The molecule has 6 heteroatoms. The van der Waals surface area contributed by atoms with Crippen LogP contribution >= 0.6 is 22.9 Å². The van der Waals surface area contributed by atoms with Gasteiger partial charge in [-0.15, -0.1) is 11.3 Å². The summed E-state index contributed by atoms with van der Waals surface area (Å²) in [6.07, 6.45) is 0. The molecule has 2 heterocycles. The second-order valence-corrected chi connectivity index (χ2v) is 5.54. The minimum absolute atomic E-state index is 0.651.